The first kappa shape index (κ1) is 26.0. The summed E-state index contributed by atoms with van der Waals surface area (Å²) in [5.74, 6) is -0.188. The van der Waals surface area contributed by atoms with E-state index in [0.29, 0.717) is 28.5 Å². The number of aryl methyl sites for hydroxylation is 1. The summed E-state index contributed by atoms with van der Waals surface area (Å²) in [6.45, 7) is 4.46. The highest BCUT2D eigenvalue weighted by Gasteiger charge is 2.22. The van der Waals surface area contributed by atoms with Gasteiger partial charge in [0.05, 0.1) is 10.6 Å². The van der Waals surface area contributed by atoms with Crippen molar-refractivity contribution in [3.63, 3.8) is 0 Å². The van der Waals surface area contributed by atoms with Crippen LogP contribution in [0.2, 0.25) is 0 Å². The van der Waals surface area contributed by atoms with E-state index in [1.165, 1.54) is 33.2 Å². The van der Waals surface area contributed by atoms with Gasteiger partial charge >= 0.3 is 5.97 Å². The summed E-state index contributed by atoms with van der Waals surface area (Å²) in [7, 11) is -0.848. The van der Waals surface area contributed by atoms with Crippen LogP contribution >= 0.6 is 0 Å². The zero-order valence-corrected chi connectivity index (χ0v) is 20.8. The van der Waals surface area contributed by atoms with Gasteiger partial charge in [-0.3, -0.25) is 4.79 Å². The van der Waals surface area contributed by atoms with Crippen LogP contribution in [-0.4, -0.2) is 63.9 Å². The molecule has 1 amide bonds. The predicted molar refractivity (Wildman–Crippen MR) is 127 cm³/mol. The Morgan fingerprint density at radius 3 is 2.57 bits per heavy atom. The summed E-state index contributed by atoms with van der Waals surface area (Å²) in [4.78, 5) is 29.7. The van der Waals surface area contributed by atoms with Gasteiger partial charge in [0.25, 0.3) is 5.91 Å². The van der Waals surface area contributed by atoms with E-state index >= 15 is 0 Å². The number of hydrogen-bond acceptors (Lipinski definition) is 9. The first-order valence-corrected chi connectivity index (χ1v) is 12.0. The topological polar surface area (TPSA) is 133 Å². The van der Waals surface area contributed by atoms with Crippen molar-refractivity contribution in [2.24, 2.45) is 5.16 Å². The van der Waals surface area contributed by atoms with E-state index in [1.807, 2.05) is 0 Å². The molecule has 0 spiro atoms. The number of anilines is 1. The molecular weight excluding hydrogens is 478 g/mol. The van der Waals surface area contributed by atoms with Crippen LogP contribution in [0.15, 0.2) is 46.4 Å². The molecule has 12 heteroatoms. The van der Waals surface area contributed by atoms with Gasteiger partial charge < -0.3 is 24.4 Å². The Morgan fingerprint density at radius 1 is 1.14 bits per heavy atom. The highest BCUT2D eigenvalue weighted by Crippen LogP contribution is 2.32. The zero-order valence-electron chi connectivity index (χ0n) is 20.0. The number of hydrogen-bond donors (Lipinski definition) is 1. The van der Waals surface area contributed by atoms with Crippen molar-refractivity contribution in [1.29, 1.82) is 0 Å². The lowest BCUT2D eigenvalue weighted by Gasteiger charge is -2.16. The van der Waals surface area contributed by atoms with Crippen molar-refractivity contribution in [2.75, 3.05) is 32.8 Å². The molecule has 2 aromatic carbocycles. The van der Waals surface area contributed by atoms with Gasteiger partial charge in [-0.15, -0.1) is 0 Å². The molecule has 11 nitrogen and oxygen atoms in total. The van der Waals surface area contributed by atoms with Crippen LogP contribution in [-0.2, 0) is 29.2 Å². The predicted octanol–water partition coefficient (Wildman–Crippen LogP) is 2.29. The first-order valence-electron chi connectivity index (χ1n) is 10.6. The number of rotatable bonds is 9. The molecule has 1 atom stereocenters. The number of ether oxygens (including phenoxy) is 3. The Hall–Kier alpha value is -3.64. The number of oxime groups is 1. The first-order chi connectivity index (χ1) is 16.5. The lowest BCUT2D eigenvalue weighted by Crippen LogP contribution is -2.31. The number of benzene rings is 2. The Balaban J connectivity index is 1.54. The van der Waals surface area contributed by atoms with Crippen LogP contribution in [0, 0.1) is 6.92 Å². The fourth-order valence-corrected chi connectivity index (χ4v) is 3.91. The Bertz CT molecular complexity index is 1260. The molecule has 0 saturated carbocycles. The van der Waals surface area contributed by atoms with Crippen LogP contribution in [0.4, 0.5) is 5.69 Å². The van der Waals surface area contributed by atoms with Crippen LogP contribution in [0.3, 0.4) is 0 Å². The van der Waals surface area contributed by atoms with Gasteiger partial charge in [0, 0.05) is 25.3 Å². The monoisotopic (exact) mass is 505 g/mol. The molecule has 0 unspecified atom stereocenters. The summed E-state index contributed by atoms with van der Waals surface area (Å²) < 4.78 is 41.5. The standard InChI is InChI=1S/C23H27N3O8S/c1-14-6-8-18(35(29,30)26(4)5)11-19(14)24-23(28)16(3)34-22(27)12-33-25-15(2)17-7-9-20-21(10-17)32-13-31-20/h6-11,16H,12-13H2,1-5H3,(H,24,28)/b25-15-/t16-/m1/s1. The molecule has 1 aliphatic heterocycles. The third kappa shape index (κ3) is 6.28. The van der Waals surface area contributed by atoms with E-state index < -0.39 is 34.6 Å². The molecule has 0 bridgehead atoms. The average molecular weight is 506 g/mol. The van der Waals surface area contributed by atoms with Crippen molar-refractivity contribution in [3.8, 4) is 11.5 Å². The fourth-order valence-electron chi connectivity index (χ4n) is 2.98. The van der Waals surface area contributed by atoms with Crippen molar-refractivity contribution < 1.29 is 37.1 Å². The fraction of sp³-hybridized carbons (Fsp3) is 0.348. The van der Waals surface area contributed by atoms with Crippen molar-refractivity contribution >= 4 is 33.3 Å². The second-order valence-corrected chi connectivity index (χ2v) is 10.1. The number of sulfonamides is 1. The van der Waals surface area contributed by atoms with Crippen molar-refractivity contribution in [1.82, 2.24) is 4.31 Å². The van der Waals surface area contributed by atoms with Crippen molar-refractivity contribution in [2.45, 2.75) is 31.8 Å². The quantitative estimate of drug-likeness (QED) is 0.312. The molecule has 0 fully saturated rings. The third-order valence-electron chi connectivity index (χ3n) is 5.10. The summed E-state index contributed by atoms with van der Waals surface area (Å²) >= 11 is 0. The smallest absolute Gasteiger partial charge is 0.347 e. The third-order valence-corrected chi connectivity index (χ3v) is 6.91. The number of fused-ring (bicyclic) bond motifs is 1. The summed E-state index contributed by atoms with van der Waals surface area (Å²) in [5, 5.41) is 6.49. The Labute approximate surface area is 203 Å². The van der Waals surface area contributed by atoms with Gasteiger partial charge in [-0.05, 0) is 56.7 Å². The van der Waals surface area contributed by atoms with Gasteiger partial charge in [0.1, 0.15) is 0 Å². The molecule has 1 aliphatic rings. The Kier molecular flexibility index (Phi) is 7.97. The van der Waals surface area contributed by atoms with E-state index in [1.54, 1.807) is 38.1 Å². The van der Waals surface area contributed by atoms with Gasteiger partial charge in [-0.25, -0.2) is 17.5 Å². The maximum atomic E-state index is 12.5. The minimum atomic E-state index is -3.68. The van der Waals surface area contributed by atoms with E-state index in [2.05, 4.69) is 10.5 Å². The number of carbonyl (C=O) groups excluding carboxylic acids is 2. The molecule has 2 aromatic rings. The van der Waals surface area contributed by atoms with E-state index in [9.17, 15) is 18.0 Å². The maximum Gasteiger partial charge on any atom is 0.347 e. The normalized spacial score (nSPS) is 13.9. The van der Waals surface area contributed by atoms with Crippen molar-refractivity contribution in [3.05, 3.63) is 47.5 Å². The maximum absolute atomic E-state index is 12.5. The molecule has 0 saturated heterocycles. The van der Waals surface area contributed by atoms with E-state index in [4.69, 9.17) is 19.0 Å². The van der Waals surface area contributed by atoms with Gasteiger partial charge in [0.15, 0.2) is 17.6 Å². The minimum absolute atomic E-state index is 0.0251. The molecule has 0 radical (unpaired) electrons. The highest BCUT2D eigenvalue weighted by atomic mass is 32.2. The molecule has 0 aromatic heterocycles. The second kappa shape index (κ2) is 10.7. The van der Waals surface area contributed by atoms with E-state index in [0.717, 1.165) is 9.87 Å². The average Bonchev–Trinajstić information content (AvgIpc) is 3.28. The summed E-state index contributed by atoms with van der Waals surface area (Å²) in [6.07, 6.45) is -1.15. The molecule has 1 N–H and O–H groups in total. The van der Waals surface area contributed by atoms with Gasteiger partial charge in [0.2, 0.25) is 23.4 Å². The lowest BCUT2D eigenvalue weighted by molar-refractivity contribution is -0.157. The van der Waals surface area contributed by atoms with Gasteiger partial charge in [-0.2, -0.15) is 0 Å². The minimum Gasteiger partial charge on any atom is -0.454 e. The second-order valence-electron chi connectivity index (χ2n) is 7.90. The summed E-state index contributed by atoms with van der Waals surface area (Å²) in [5.41, 5.74) is 2.17. The Morgan fingerprint density at radius 2 is 1.86 bits per heavy atom. The number of nitrogens with zero attached hydrogens (tertiary/aromatic N) is 2. The van der Waals surface area contributed by atoms with Crippen LogP contribution in [0.5, 0.6) is 11.5 Å². The molecule has 1 heterocycles. The molecule has 0 aliphatic carbocycles. The summed E-state index contributed by atoms with van der Waals surface area (Å²) in [6, 6.07) is 9.66. The zero-order chi connectivity index (χ0) is 25.8. The van der Waals surface area contributed by atoms with Crippen LogP contribution in [0.1, 0.15) is 25.0 Å². The molecule has 3 rings (SSSR count). The molecule has 35 heavy (non-hydrogen) atoms. The number of nitrogens with one attached hydrogen (secondary N) is 1. The molecule has 188 valence electrons. The largest absolute Gasteiger partial charge is 0.454 e. The van der Waals surface area contributed by atoms with Gasteiger partial charge in [-0.1, -0.05) is 11.2 Å². The SMILES string of the molecule is C/C(=N/OCC(=O)O[C@H](C)C(=O)Nc1cc(S(=O)(=O)N(C)C)ccc1C)c1ccc2c(c1)OCO2. The highest BCUT2D eigenvalue weighted by molar-refractivity contribution is 7.89. The van der Waals surface area contributed by atoms with E-state index in [-0.39, 0.29) is 11.7 Å². The van der Waals surface area contributed by atoms with Crippen LogP contribution in [0.25, 0.3) is 0 Å². The molecular formula is C23H27N3O8S. The van der Waals surface area contributed by atoms with Crippen LogP contribution < -0.4 is 14.8 Å². The lowest BCUT2D eigenvalue weighted by atomic mass is 10.1. The number of esters is 1. The number of amides is 1. The number of carbonyl (C=O) groups is 2.